The fourth-order valence-corrected chi connectivity index (χ4v) is 4.67. The van der Waals surface area contributed by atoms with Crippen LogP contribution in [0.2, 0.25) is 0 Å². The van der Waals surface area contributed by atoms with Crippen molar-refractivity contribution in [2.24, 2.45) is 5.92 Å². The van der Waals surface area contributed by atoms with Crippen molar-refractivity contribution in [1.29, 1.82) is 5.26 Å². The number of nitrogens with zero attached hydrogens (tertiary/aromatic N) is 1. The number of nitriles is 1. The zero-order valence-electron chi connectivity index (χ0n) is 19.6. The lowest BCUT2D eigenvalue weighted by Crippen LogP contribution is -3.28. The van der Waals surface area contributed by atoms with Gasteiger partial charge in [0.1, 0.15) is 50.9 Å². The summed E-state index contributed by atoms with van der Waals surface area (Å²) in [5.41, 5.74) is 0.753. The van der Waals surface area contributed by atoms with Crippen molar-refractivity contribution in [3.05, 3.63) is 66.0 Å². The van der Waals surface area contributed by atoms with Gasteiger partial charge in [0.2, 0.25) is 0 Å². The van der Waals surface area contributed by atoms with E-state index in [9.17, 15) is 9.65 Å². The zero-order valence-corrected chi connectivity index (χ0v) is 21.1. The molecule has 0 unspecified atom stereocenters. The summed E-state index contributed by atoms with van der Waals surface area (Å²) in [7, 11) is 0. The van der Waals surface area contributed by atoms with Crippen LogP contribution in [-0.2, 0) is 5.41 Å². The largest absolute Gasteiger partial charge is 1.00 e. The number of nitrogens with one attached hydrogen (secondary N) is 2. The lowest BCUT2D eigenvalue weighted by Gasteiger charge is -2.33. The molecule has 0 radical (unpaired) electrons. The number of piperazine rings is 1. The second-order valence-electron chi connectivity index (χ2n) is 9.01. The highest BCUT2D eigenvalue weighted by atomic mass is 35.5. The van der Waals surface area contributed by atoms with Crippen molar-refractivity contribution in [3.8, 4) is 11.8 Å². The fourth-order valence-electron chi connectivity index (χ4n) is 4.67. The van der Waals surface area contributed by atoms with Gasteiger partial charge in [-0.2, -0.15) is 5.26 Å². The molecule has 1 aliphatic heterocycles. The van der Waals surface area contributed by atoms with Gasteiger partial charge < -0.3 is 39.4 Å². The predicted octanol–water partition coefficient (Wildman–Crippen LogP) is -4.11. The predicted molar refractivity (Wildman–Crippen MR) is 121 cm³/mol. The van der Waals surface area contributed by atoms with Crippen molar-refractivity contribution in [3.63, 3.8) is 0 Å². The number of ether oxygens (including phenoxy) is 1. The fraction of sp³-hybridized carbons (Fsp3) is 0.500. The summed E-state index contributed by atoms with van der Waals surface area (Å²) in [6.07, 6.45) is 1.98. The molecule has 1 heterocycles. The van der Waals surface area contributed by atoms with Crippen LogP contribution in [0.25, 0.3) is 0 Å². The maximum atomic E-state index is 13.0. The molecule has 1 saturated heterocycles. The molecule has 33 heavy (non-hydrogen) atoms. The lowest BCUT2D eigenvalue weighted by atomic mass is 9.70. The molecule has 3 rings (SSSR count). The summed E-state index contributed by atoms with van der Waals surface area (Å²) >= 11 is 0. The van der Waals surface area contributed by atoms with Crippen LogP contribution >= 0.6 is 0 Å². The van der Waals surface area contributed by atoms with Gasteiger partial charge in [0.15, 0.2) is 0 Å². The molecule has 0 spiro atoms. The van der Waals surface area contributed by atoms with E-state index >= 15 is 0 Å². The molecule has 182 valence electrons. The van der Waals surface area contributed by atoms with Crippen LogP contribution in [0.15, 0.2) is 54.6 Å². The Labute approximate surface area is 210 Å². The average Bonchev–Trinajstić information content (AvgIpc) is 2.79. The monoisotopic (exact) mass is 495 g/mol. The number of hydrogen-bond acceptors (Lipinski definition) is 2. The zero-order chi connectivity index (χ0) is 22.1. The van der Waals surface area contributed by atoms with Crippen LogP contribution in [0.1, 0.15) is 32.3 Å². The first-order chi connectivity index (χ1) is 15.0. The van der Waals surface area contributed by atoms with E-state index in [1.807, 2.05) is 18.2 Å². The molecule has 0 aliphatic carbocycles. The van der Waals surface area contributed by atoms with Crippen LogP contribution in [-0.4, -0.2) is 45.9 Å². The Morgan fingerprint density at radius 2 is 1.52 bits per heavy atom. The van der Waals surface area contributed by atoms with Gasteiger partial charge in [-0.05, 0) is 48.6 Å². The van der Waals surface area contributed by atoms with E-state index in [0.717, 1.165) is 50.3 Å². The summed E-state index contributed by atoms with van der Waals surface area (Å²) in [4.78, 5) is 3.22. The number of halogens is 3. The van der Waals surface area contributed by atoms with Crippen molar-refractivity contribution in [2.45, 2.75) is 32.1 Å². The highest BCUT2D eigenvalue weighted by molar-refractivity contribution is 5.33. The van der Waals surface area contributed by atoms with Crippen molar-refractivity contribution >= 4 is 0 Å². The molecule has 4 nitrogen and oxygen atoms in total. The number of quaternary nitrogens is 2. The second-order valence-corrected chi connectivity index (χ2v) is 9.01. The number of hydrogen-bond donors (Lipinski definition) is 2. The van der Waals surface area contributed by atoms with E-state index in [1.54, 1.807) is 21.9 Å². The molecule has 7 heteroatoms. The van der Waals surface area contributed by atoms with Crippen molar-refractivity contribution < 1.29 is 43.7 Å². The Balaban J connectivity index is 0.00000272. The van der Waals surface area contributed by atoms with Crippen molar-refractivity contribution in [2.75, 3.05) is 45.9 Å². The summed E-state index contributed by atoms with van der Waals surface area (Å²) in [6, 6.07) is 19.2. The maximum absolute atomic E-state index is 13.0. The number of benzene rings is 2. The van der Waals surface area contributed by atoms with Gasteiger partial charge in [-0.3, -0.25) is 0 Å². The molecular formula is C26H36Cl2FN3O. The molecule has 1 atom stereocenters. The lowest BCUT2D eigenvalue weighted by molar-refractivity contribution is -1.01. The Morgan fingerprint density at radius 1 is 0.939 bits per heavy atom. The van der Waals surface area contributed by atoms with Crippen LogP contribution in [0.5, 0.6) is 5.75 Å². The molecule has 2 N–H and O–H groups in total. The van der Waals surface area contributed by atoms with E-state index in [-0.39, 0.29) is 36.5 Å². The smallest absolute Gasteiger partial charge is 0.137 e. The van der Waals surface area contributed by atoms with Gasteiger partial charge in [0.25, 0.3) is 0 Å². The second kappa shape index (κ2) is 14.4. The van der Waals surface area contributed by atoms with Gasteiger partial charge in [-0.1, -0.05) is 44.2 Å². The Kier molecular flexibility index (Phi) is 12.8. The Hall–Kier alpha value is -1.84. The summed E-state index contributed by atoms with van der Waals surface area (Å²) in [6.45, 7) is 11.7. The van der Waals surface area contributed by atoms with Crippen LogP contribution in [0.3, 0.4) is 0 Å². The Morgan fingerprint density at radius 3 is 2.06 bits per heavy atom. The third-order valence-electron chi connectivity index (χ3n) is 6.78. The Bertz CT molecular complexity index is 837. The molecule has 0 aromatic heterocycles. The molecule has 1 fully saturated rings. The third kappa shape index (κ3) is 8.15. The minimum atomic E-state index is -0.397. The van der Waals surface area contributed by atoms with E-state index < -0.39 is 5.41 Å². The highest BCUT2D eigenvalue weighted by Gasteiger charge is 2.36. The third-order valence-corrected chi connectivity index (χ3v) is 6.78. The average molecular weight is 496 g/mol. The standard InChI is InChI=1S/C26H34FN3O.2ClH/c1-22(2)26(21-28,23-7-4-3-5-8-23)13-6-14-29-15-17-30(18-16-29)19-20-31-25-11-9-24(27)10-12-25;;/h3-5,7-12,22H,6,13-20H2,1-2H3;2*1H/t26-;;/m0../s1. The van der Waals surface area contributed by atoms with Gasteiger partial charge in [-0.25, -0.2) is 4.39 Å². The summed E-state index contributed by atoms with van der Waals surface area (Å²) in [5.74, 6) is 0.785. The summed E-state index contributed by atoms with van der Waals surface area (Å²) < 4.78 is 18.7. The van der Waals surface area contributed by atoms with E-state index in [1.165, 1.54) is 25.2 Å². The van der Waals surface area contributed by atoms with Gasteiger partial charge in [-0.15, -0.1) is 0 Å². The van der Waals surface area contributed by atoms with Crippen LogP contribution < -0.4 is 39.4 Å². The van der Waals surface area contributed by atoms with Crippen LogP contribution in [0, 0.1) is 23.1 Å². The number of rotatable bonds is 10. The van der Waals surface area contributed by atoms with E-state index in [0.29, 0.717) is 6.61 Å². The molecule has 0 bridgehead atoms. The van der Waals surface area contributed by atoms with Gasteiger partial charge in [0.05, 0.1) is 18.0 Å². The minimum absolute atomic E-state index is 0. The topological polar surface area (TPSA) is 41.9 Å². The van der Waals surface area contributed by atoms with Gasteiger partial charge in [0, 0.05) is 0 Å². The minimum Gasteiger partial charge on any atom is -1.00 e. The van der Waals surface area contributed by atoms with E-state index in [2.05, 4.69) is 32.0 Å². The molecule has 1 aliphatic rings. The normalized spacial score (nSPS) is 19.5. The maximum Gasteiger partial charge on any atom is 0.137 e. The van der Waals surface area contributed by atoms with Crippen LogP contribution in [0.4, 0.5) is 4.39 Å². The SMILES string of the molecule is CC(C)[C@@](C#N)(CCC[NH+]1CC[NH+](CCOc2ccc(F)cc2)CC1)c1ccccc1.[Cl-].[Cl-]. The molecule has 2 aromatic carbocycles. The first-order valence-electron chi connectivity index (χ1n) is 11.6. The quantitative estimate of drug-likeness (QED) is 0.351. The van der Waals surface area contributed by atoms with Gasteiger partial charge >= 0.3 is 0 Å². The van der Waals surface area contributed by atoms with E-state index in [4.69, 9.17) is 4.74 Å². The molecule has 2 aromatic rings. The molecular weight excluding hydrogens is 460 g/mol. The summed E-state index contributed by atoms with van der Waals surface area (Å²) in [5, 5.41) is 10.1. The molecule has 0 saturated carbocycles. The molecule has 0 amide bonds. The first-order valence-corrected chi connectivity index (χ1v) is 11.6. The highest BCUT2D eigenvalue weighted by Crippen LogP contribution is 2.36. The first kappa shape index (κ1) is 29.2. The van der Waals surface area contributed by atoms with Crippen molar-refractivity contribution in [1.82, 2.24) is 0 Å².